The fourth-order valence-corrected chi connectivity index (χ4v) is 5.61. The van der Waals surface area contributed by atoms with Gasteiger partial charge in [-0.25, -0.2) is 12.7 Å². The summed E-state index contributed by atoms with van der Waals surface area (Å²) in [6.45, 7) is 1.14. The van der Waals surface area contributed by atoms with Crippen LogP contribution in [0.1, 0.15) is 17.5 Å². The highest BCUT2D eigenvalue weighted by Crippen LogP contribution is 2.40. The number of rotatable bonds is 7. The van der Waals surface area contributed by atoms with E-state index in [4.69, 9.17) is 4.74 Å². The van der Waals surface area contributed by atoms with Gasteiger partial charge in [0.15, 0.2) is 0 Å². The summed E-state index contributed by atoms with van der Waals surface area (Å²) in [5.41, 5.74) is 0.423. The summed E-state index contributed by atoms with van der Waals surface area (Å²) in [4.78, 5) is 1.99. The van der Waals surface area contributed by atoms with Crippen LogP contribution < -0.4 is 4.74 Å². The van der Waals surface area contributed by atoms with Crippen LogP contribution in [0, 0.1) is 5.92 Å². The molecule has 3 rings (SSSR count). The molecule has 0 radical (unpaired) electrons. The Morgan fingerprint density at radius 2 is 1.90 bits per heavy atom. The molecule has 1 fully saturated rings. The summed E-state index contributed by atoms with van der Waals surface area (Å²) < 4.78 is 32.9. The standard InChI is InChI=1S/C22H30N2O4S/c1-23(2)15-20-16-24(29(26,27)17-18-8-5-4-6-9-18)13-12-22(20,25)19-10-7-11-21(14-19)28-3/h4-11,14,20,25H,12-13,15-17H2,1-3H3/t20-,22-/m0/s1. The molecule has 0 saturated carbocycles. The van der Waals surface area contributed by atoms with Crippen molar-refractivity contribution in [2.24, 2.45) is 5.92 Å². The Labute approximate surface area is 173 Å². The molecule has 0 bridgehead atoms. The summed E-state index contributed by atoms with van der Waals surface area (Å²) in [7, 11) is 1.99. The third kappa shape index (κ3) is 4.98. The second-order valence-corrected chi connectivity index (χ2v) is 9.93. The molecular formula is C22H30N2O4S. The van der Waals surface area contributed by atoms with Crippen molar-refractivity contribution in [3.8, 4) is 5.75 Å². The van der Waals surface area contributed by atoms with E-state index in [0.29, 0.717) is 18.7 Å². The molecule has 1 aliphatic heterocycles. The zero-order valence-electron chi connectivity index (χ0n) is 17.3. The van der Waals surface area contributed by atoms with Gasteiger partial charge in [-0.15, -0.1) is 0 Å². The van der Waals surface area contributed by atoms with E-state index in [1.807, 2.05) is 73.6 Å². The quantitative estimate of drug-likeness (QED) is 0.747. The highest BCUT2D eigenvalue weighted by Gasteiger charge is 2.45. The second-order valence-electron chi connectivity index (χ2n) is 7.97. The summed E-state index contributed by atoms with van der Waals surface area (Å²) in [6.07, 6.45) is 0.340. The zero-order valence-corrected chi connectivity index (χ0v) is 18.1. The maximum Gasteiger partial charge on any atom is 0.218 e. The number of aliphatic hydroxyl groups is 1. The molecule has 2 atom stereocenters. The first-order chi connectivity index (χ1) is 13.7. The number of methoxy groups -OCH3 is 1. The lowest BCUT2D eigenvalue weighted by Crippen LogP contribution is -2.54. The number of ether oxygens (including phenoxy) is 1. The number of piperidine rings is 1. The van der Waals surface area contributed by atoms with Gasteiger partial charge in [-0.05, 0) is 43.8 Å². The number of benzene rings is 2. The molecule has 2 aromatic rings. The van der Waals surface area contributed by atoms with E-state index in [-0.39, 0.29) is 24.8 Å². The van der Waals surface area contributed by atoms with Crippen LogP contribution in [-0.2, 0) is 21.4 Å². The smallest absolute Gasteiger partial charge is 0.218 e. The Kier molecular flexibility index (Phi) is 6.63. The second kappa shape index (κ2) is 8.83. The van der Waals surface area contributed by atoms with Crippen molar-refractivity contribution < 1.29 is 18.3 Å². The van der Waals surface area contributed by atoms with E-state index < -0.39 is 15.6 Å². The molecule has 0 unspecified atom stereocenters. The van der Waals surface area contributed by atoms with E-state index in [1.54, 1.807) is 7.11 Å². The molecule has 158 valence electrons. The van der Waals surface area contributed by atoms with Crippen LogP contribution in [0.3, 0.4) is 0 Å². The monoisotopic (exact) mass is 418 g/mol. The highest BCUT2D eigenvalue weighted by molar-refractivity contribution is 7.88. The predicted molar refractivity (Wildman–Crippen MR) is 114 cm³/mol. The molecule has 0 amide bonds. The summed E-state index contributed by atoms with van der Waals surface area (Å²) in [5, 5.41) is 11.6. The van der Waals surface area contributed by atoms with Gasteiger partial charge in [0.2, 0.25) is 10.0 Å². The van der Waals surface area contributed by atoms with Crippen LogP contribution in [0.5, 0.6) is 5.75 Å². The van der Waals surface area contributed by atoms with Gasteiger partial charge < -0.3 is 14.7 Å². The van der Waals surface area contributed by atoms with Gasteiger partial charge in [-0.2, -0.15) is 0 Å². The van der Waals surface area contributed by atoms with Crippen molar-refractivity contribution in [1.82, 2.24) is 9.21 Å². The first-order valence-electron chi connectivity index (χ1n) is 9.78. The maximum absolute atomic E-state index is 13.0. The van der Waals surface area contributed by atoms with E-state index in [1.165, 1.54) is 4.31 Å². The number of nitrogens with zero attached hydrogens (tertiary/aromatic N) is 2. The first-order valence-corrected chi connectivity index (χ1v) is 11.4. The minimum absolute atomic E-state index is 0.0277. The molecule has 7 heteroatoms. The first kappa shape index (κ1) is 21.8. The van der Waals surface area contributed by atoms with Gasteiger partial charge in [0.1, 0.15) is 5.75 Å². The summed E-state index contributed by atoms with van der Waals surface area (Å²) >= 11 is 0. The average molecular weight is 419 g/mol. The third-order valence-electron chi connectivity index (χ3n) is 5.58. The lowest BCUT2D eigenvalue weighted by atomic mass is 9.76. The molecular weight excluding hydrogens is 388 g/mol. The third-order valence-corrected chi connectivity index (χ3v) is 7.40. The normalized spacial score (nSPS) is 23.3. The SMILES string of the molecule is COc1cccc([C@@]2(O)CCN(S(=O)(=O)Cc3ccccc3)C[C@@H]2CN(C)C)c1. The zero-order chi connectivity index (χ0) is 21.1. The average Bonchev–Trinajstić information content (AvgIpc) is 2.69. The largest absolute Gasteiger partial charge is 0.497 e. The van der Waals surface area contributed by atoms with Crippen molar-refractivity contribution in [1.29, 1.82) is 0 Å². The van der Waals surface area contributed by atoms with Gasteiger partial charge in [0.25, 0.3) is 0 Å². The van der Waals surface area contributed by atoms with E-state index in [2.05, 4.69) is 0 Å². The lowest BCUT2D eigenvalue weighted by molar-refractivity contribution is -0.0698. The molecule has 0 spiro atoms. The van der Waals surface area contributed by atoms with Crippen LogP contribution in [0.15, 0.2) is 54.6 Å². The van der Waals surface area contributed by atoms with Crippen LogP contribution in [0.4, 0.5) is 0 Å². The van der Waals surface area contributed by atoms with E-state index in [9.17, 15) is 13.5 Å². The molecule has 29 heavy (non-hydrogen) atoms. The number of hydrogen-bond acceptors (Lipinski definition) is 5. The van der Waals surface area contributed by atoms with Crippen molar-refractivity contribution in [3.05, 3.63) is 65.7 Å². The molecule has 1 saturated heterocycles. The Balaban J connectivity index is 1.86. The number of sulfonamides is 1. The topological polar surface area (TPSA) is 70.1 Å². The lowest BCUT2D eigenvalue weighted by Gasteiger charge is -2.45. The predicted octanol–water partition coefficient (Wildman–Crippen LogP) is 2.30. The molecule has 6 nitrogen and oxygen atoms in total. The van der Waals surface area contributed by atoms with Gasteiger partial charge in [0.05, 0.1) is 18.5 Å². The van der Waals surface area contributed by atoms with Crippen LogP contribution in [0.25, 0.3) is 0 Å². The maximum atomic E-state index is 13.0. The summed E-state index contributed by atoms with van der Waals surface area (Å²) in [5.74, 6) is 0.391. The van der Waals surface area contributed by atoms with Crippen LogP contribution in [-0.4, -0.2) is 63.6 Å². The minimum Gasteiger partial charge on any atom is -0.497 e. The molecule has 1 aliphatic rings. The van der Waals surface area contributed by atoms with Gasteiger partial charge >= 0.3 is 0 Å². The summed E-state index contributed by atoms with van der Waals surface area (Å²) in [6, 6.07) is 16.6. The Morgan fingerprint density at radius 1 is 1.17 bits per heavy atom. The molecule has 0 aliphatic carbocycles. The van der Waals surface area contributed by atoms with E-state index >= 15 is 0 Å². The molecule has 1 heterocycles. The van der Waals surface area contributed by atoms with Gasteiger partial charge in [-0.1, -0.05) is 42.5 Å². The molecule has 2 aromatic carbocycles. The fraction of sp³-hybridized carbons (Fsp3) is 0.455. The Morgan fingerprint density at radius 3 is 2.55 bits per heavy atom. The van der Waals surface area contributed by atoms with Gasteiger partial charge in [0, 0.05) is 25.6 Å². The highest BCUT2D eigenvalue weighted by atomic mass is 32.2. The molecule has 0 aromatic heterocycles. The van der Waals surface area contributed by atoms with Crippen molar-refractivity contribution in [3.63, 3.8) is 0 Å². The van der Waals surface area contributed by atoms with Crippen molar-refractivity contribution in [2.75, 3.05) is 40.8 Å². The molecule has 1 N–H and O–H groups in total. The Bertz CT molecular complexity index is 917. The van der Waals surface area contributed by atoms with Crippen LogP contribution in [0.2, 0.25) is 0 Å². The van der Waals surface area contributed by atoms with E-state index in [0.717, 1.165) is 11.1 Å². The fourth-order valence-electron chi connectivity index (χ4n) is 4.04. The van der Waals surface area contributed by atoms with Crippen LogP contribution >= 0.6 is 0 Å². The van der Waals surface area contributed by atoms with Gasteiger partial charge in [-0.3, -0.25) is 0 Å². The van der Waals surface area contributed by atoms with Crippen molar-refractivity contribution >= 4 is 10.0 Å². The number of hydrogen-bond donors (Lipinski definition) is 1. The van der Waals surface area contributed by atoms with Crippen molar-refractivity contribution in [2.45, 2.75) is 17.8 Å². The Hall–Kier alpha value is -1.93. The minimum atomic E-state index is -3.47.